The van der Waals surface area contributed by atoms with Gasteiger partial charge in [0.15, 0.2) is 0 Å². The fraction of sp³-hybridized carbons (Fsp3) is 0.909. The summed E-state index contributed by atoms with van der Waals surface area (Å²) in [5.74, 6) is 1.25. The Morgan fingerprint density at radius 2 is 2.00 bits per heavy atom. The quantitative estimate of drug-likeness (QED) is 0.742. The number of hydrogen-bond acceptors (Lipinski definition) is 2. The molecule has 1 saturated carbocycles. The number of alkyl carbamates (subject to hydrolysis) is 1. The van der Waals surface area contributed by atoms with Gasteiger partial charge in [0.2, 0.25) is 0 Å². The van der Waals surface area contributed by atoms with E-state index in [1.165, 1.54) is 26.4 Å². The molecule has 1 amide bonds. The molecule has 1 N–H and O–H groups in total. The second-order valence-electron chi connectivity index (χ2n) is 4.43. The Morgan fingerprint density at radius 3 is 2.57 bits per heavy atom. The summed E-state index contributed by atoms with van der Waals surface area (Å²) in [6.07, 6.45) is 4.55. The molecule has 1 aliphatic carbocycles. The van der Waals surface area contributed by atoms with Crippen molar-refractivity contribution in [3.63, 3.8) is 0 Å². The molecule has 0 spiro atoms. The highest BCUT2D eigenvalue weighted by Gasteiger charge is 2.28. The molecule has 0 aromatic rings. The number of methoxy groups -OCH3 is 1. The number of hydrogen-bond donors (Lipinski definition) is 1. The van der Waals surface area contributed by atoms with Crippen molar-refractivity contribution in [3.8, 4) is 0 Å². The summed E-state index contributed by atoms with van der Waals surface area (Å²) in [5, 5.41) is 2.94. The highest BCUT2D eigenvalue weighted by molar-refractivity contribution is 5.67. The van der Waals surface area contributed by atoms with Gasteiger partial charge in [-0.15, -0.1) is 0 Å². The van der Waals surface area contributed by atoms with Crippen LogP contribution in [0, 0.1) is 11.8 Å². The monoisotopic (exact) mass is 199 g/mol. The van der Waals surface area contributed by atoms with E-state index in [4.69, 9.17) is 0 Å². The third-order valence-electron chi connectivity index (χ3n) is 3.16. The summed E-state index contributed by atoms with van der Waals surface area (Å²) in [6, 6.07) is 0.316. The van der Waals surface area contributed by atoms with E-state index in [1.807, 2.05) is 0 Å². The predicted molar refractivity (Wildman–Crippen MR) is 56.1 cm³/mol. The minimum atomic E-state index is -0.289. The topological polar surface area (TPSA) is 38.3 Å². The van der Waals surface area contributed by atoms with E-state index in [-0.39, 0.29) is 6.09 Å². The van der Waals surface area contributed by atoms with Crippen molar-refractivity contribution in [2.24, 2.45) is 11.8 Å². The molecule has 3 nitrogen and oxygen atoms in total. The molecule has 14 heavy (non-hydrogen) atoms. The van der Waals surface area contributed by atoms with Gasteiger partial charge < -0.3 is 10.1 Å². The van der Waals surface area contributed by atoms with Gasteiger partial charge in [0.25, 0.3) is 0 Å². The first kappa shape index (κ1) is 11.3. The van der Waals surface area contributed by atoms with E-state index in [9.17, 15) is 4.79 Å². The zero-order valence-corrected chi connectivity index (χ0v) is 9.38. The maximum atomic E-state index is 11.1. The molecule has 2 atom stereocenters. The van der Waals surface area contributed by atoms with Crippen LogP contribution in [0.3, 0.4) is 0 Å². The van der Waals surface area contributed by atoms with Gasteiger partial charge in [0, 0.05) is 6.04 Å². The van der Waals surface area contributed by atoms with Crippen molar-refractivity contribution in [3.05, 3.63) is 0 Å². The van der Waals surface area contributed by atoms with E-state index in [0.717, 1.165) is 6.42 Å². The molecule has 0 radical (unpaired) electrons. The summed E-state index contributed by atoms with van der Waals surface area (Å²) in [4.78, 5) is 11.1. The number of ether oxygens (including phenoxy) is 1. The molecule has 1 rings (SSSR count). The van der Waals surface area contributed by atoms with Gasteiger partial charge in [0.05, 0.1) is 7.11 Å². The van der Waals surface area contributed by atoms with Crippen molar-refractivity contribution < 1.29 is 9.53 Å². The van der Waals surface area contributed by atoms with Gasteiger partial charge in [-0.1, -0.05) is 26.7 Å². The Balaban J connectivity index is 2.49. The Morgan fingerprint density at radius 1 is 1.36 bits per heavy atom. The van der Waals surface area contributed by atoms with E-state index >= 15 is 0 Å². The van der Waals surface area contributed by atoms with Gasteiger partial charge >= 0.3 is 6.09 Å². The highest BCUT2D eigenvalue weighted by Crippen LogP contribution is 2.30. The van der Waals surface area contributed by atoms with Gasteiger partial charge in [-0.05, 0) is 24.7 Å². The molecule has 1 fully saturated rings. The zero-order chi connectivity index (χ0) is 10.6. The van der Waals surface area contributed by atoms with Crippen LogP contribution in [0.25, 0.3) is 0 Å². The minimum absolute atomic E-state index is 0.289. The molecule has 0 bridgehead atoms. The lowest BCUT2D eigenvalue weighted by Gasteiger charge is -2.34. The number of carbonyl (C=O) groups is 1. The predicted octanol–water partition coefficient (Wildman–Crippen LogP) is 2.56. The maximum Gasteiger partial charge on any atom is 0.407 e. The third-order valence-corrected chi connectivity index (χ3v) is 3.16. The second kappa shape index (κ2) is 5.23. The largest absolute Gasteiger partial charge is 0.453 e. The van der Waals surface area contributed by atoms with Gasteiger partial charge in [-0.2, -0.15) is 0 Å². The van der Waals surface area contributed by atoms with Crippen LogP contribution in [0.15, 0.2) is 0 Å². The average molecular weight is 199 g/mol. The van der Waals surface area contributed by atoms with E-state index in [1.54, 1.807) is 0 Å². The fourth-order valence-electron chi connectivity index (χ4n) is 2.35. The summed E-state index contributed by atoms with van der Waals surface area (Å²) < 4.78 is 4.63. The molecule has 2 unspecified atom stereocenters. The molecule has 0 aromatic carbocycles. The number of amides is 1. The van der Waals surface area contributed by atoms with Crippen LogP contribution < -0.4 is 5.32 Å². The first-order valence-corrected chi connectivity index (χ1v) is 5.49. The fourth-order valence-corrected chi connectivity index (χ4v) is 2.35. The van der Waals surface area contributed by atoms with Gasteiger partial charge in [-0.25, -0.2) is 4.79 Å². The van der Waals surface area contributed by atoms with Crippen LogP contribution >= 0.6 is 0 Å². The van der Waals surface area contributed by atoms with E-state index < -0.39 is 0 Å². The van der Waals surface area contributed by atoms with Crippen LogP contribution in [-0.4, -0.2) is 19.2 Å². The second-order valence-corrected chi connectivity index (χ2v) is 4.43. The SMILES string of the molecule is COC(=O)NC1CCCCC1C(C)C. The first-order chi connectivity index (χ1) is 6.65. The summed E-state index contributed by atoms with van der Waals surface area (Å²) in [7, 11) is 1.42. The van der Waals surface area contributed by atoms with E-state index in [0.29, 0.717) is 17.9 Å². The van der Waals surface area contributed by atoms with Crippen LogP contribution in [0.4, 0.5) is 4.79 Å². The van der Waals surface area contributed by atoms with E-state index in [2.05, 4.69) is 23.9 Å². The van der Waals surface area contributed by atoms with Crippen molar-refractivity contribution in [2.45, 2.75) is 45.6 Å². The molecular weight excluding hydrogens is 178 g/mol. The van der Waals surface area contributed by atoms with Crippen LogP contribution in [0.2, 0.25) is 0 Å². The van der Waals surface area contributed by atoms with Crippen molar-refractivity contribution in [1.29, 1.82) is 0 Å². The summed E-state index contributed by atoms with van der Waals surface area (Å²) in [5.41, 5.74) is 0. The van der Waals surface area contributed by atoms with Crippen molar-refractivity contribution >= 4 is 6.09 Å². The average Bonchev–Trinajstić information content (AvgIpc) is 2.18. The molecule has 0 aliphatic heterocycles. The lowest BCUT2D eigenvalue weighted by atomic mass is 9.78. The summed E-state index contributed by atoms with van der Waals surface area (Å²) >= 11 is 0. The zero-order valence-electron chi connectivity index (χ0n) is 9.38. The third kappa shape index (κ3) is 2.89. The number of nitrogens with one attached hydrogen (secondary N) is 1. The minimum Gasteiger partial charge on any atom is -0.453 e. The highest BCUT2D eigenvalue weighted by atomic mass is 16.5. The smallest absolute Gasteiger partial charge is 0.407 e. The lowest BCUT2D eigenvalue weighted by molar-refractivity contribution is 0.145. The Kier molecular flexibility index (Phi) is 4.23. The molecule has 0 heterocycles. The van der Waals surface area contributed by atoms with Gasteiger partial charge in [-0.3, -0.25) is 0 Å². The Labute approximate surface area is 86.2 Å². The normalized spacial score (nSPS) is 27.4. The van der Waals surface area contributed by atoms with Gasteiger partial charge in [0.1, 0.15) is 0 Å². The maximum absolute atomic E-state index is 11.1. The lowest BCUT2D eigenvalue weighted by Crippen LogP contribution is -2.43. The first-order valence-electron chi connectivity index (χ1n) is 5.49. The Hall–Kier alpha value is -0.730. The summed E-state index contributed by atoms with van der Waals surface area (Å²) in [6.45, 7) is 4.45. The Bertz CT molecular complexity index is 192. The number of carbonyl (C=O) groups excluding carboxylic acids is 1. The molecule has 82 valence electrons. The molecule has 0 aromatic heterocycles. The van der Waals surface area contributed by atoms with Crippen LogP contribution in [-0.2, 0) is 4.74 Å². The van der Waals surface area contributed by atoms with Crippen molar-refractivity contribution in [2.75, 3.05) is 7.11 Å². The number of rotatable bonds is 2. The van der Waals surface area contributed by atoms with Crippen molar-refractivity contribution in [1.82, 2.24) is 5.32 Å². The molecule has 1 aliphatic rings. The standard InChI is InChI=1S/C11H21NO2/c1-8(2)9-6-4-5-7-10(9)12-11(13)14-3/h8-10H,4-7H2,1-3H3,(H,12,13). The van der Waals surface area contributed by atoms with Crippen LogP contribution in [0.1, 0.15) is 39.5 Å². The molecule has 3 heteroatoms. The molecule has 0 saturated heterocycles. The molecular formula is C11H21NO2. The van der Waals surface area contributed by atoms with Crippen LogP contribution in [0.5, 0.6) is 0 Å².